The van der Waals surface area contributed by atoms with Gasteiger partial charge >= 0.3 is 0 Å². The Morgan fingerprint density at radius 1 is 1.29 bits per heavy atom. The molecule has 0 heterocycles. The summed E-state index contributed by atoms with van der Waals surface area (Å²) < 4.78 is 0. The van der Waals surface area contributed by atoms with E-state index >= 15 is 0 Å². The third-order valence-corrected chi connectivity index (χ3v) is 2.59. The van der Waals surface area contributed by atoms with Crippen molar-refractivity contribution in [3.63, 3.8) is 0 Å². The summed E-state index contributed by atoms with van der Waals surface area (Å²) in [6.07, 6.45) is 0. The molecule has 0 radical (unpaired) electrons. The van der Waals surface area contributed by atoms with Crippen LogP contribution in [0.25, 0.3) is 0 Å². The zero-order valence-electron chi connectivity index (χ0n) is 8.90. The minimum absolute atomic E-state index is 0.155. The topological polar surface area (TPSA) is 32.3 Å². The maximum Gasteiger partial charge on any atom is 0.0590 e. The number of aliphatic hydroxyl groups is 1. The van der Waals surface area contributed by atoms with E-state index < -0.39 is 0 Å². The van der Waals surface area contributed by atoms with Gasteiger partial charge < -0.3 is 10.4 Å². The van der Waals surface area contributed by atoms with E-state index in [9.17, 15) is 5.11 Å². The highest BCUT2D eigenvalue weighted by Crippen LogP contribution is 2.18. The predicted molar refractivity (Wildman–Crippen MR) is 59.4 cm³/mol. The fourth-order valence-corrected chi connectivity index (χ4v) is 1.65. The van der Waals surface area contributed by atoms with Gasteiger partial charge in [-0.1, -0.05) is 44.2 Å². The van der Waals surface area contributed by atoms with Crippen molar-refractivity contribution in [3.8, 4) is 0 Å². The average Bonchev–Trinajstić information content (AvgIpc) is 2.26. The van der Waals surface area contributed by atoms with E-state index in [-0.39, 0.29) is 12.6 Å². The quantitative estimate of drug-likeness (QED) is 0.747. The molecule has 2 N–H and O–H groups in total. The lowest BCUT2D eigenvalue weighted by Crippen LogP contribution is -2.36. The van der Waals surface area contributed by atoms with Crippen molar-refractivity contribution in [2.75, 3.05) is 13.2 Å². The Kier molecular flexibility index (Phi) is 4.63. The van der Waals surface area contributed by atoms with Gasteiger partial charge in [0.25, 0.3) is 0 Å². The molecule has 1 aromatic carbocycles. The van der Waals surface area contributed by atoms with Crippen LogP contribution in [0.4, 0.5) is 0 Å². The van der Waals surface area contributed by atoms with Crippen molar-refractivity contribution in [2.45, 2.75) is 25.8 Å². The zero-order valence-corrected chi connectivity index (χ0v) is 8.90. The number of hydrogen-bond donors (Lipinski definition) is 2. The lowest BCUT2D eigenvalue weighted by molar-refractivity contribution is 0.228. The van der Waals surface area contributed by atoms with Crippen LogP contribution in [-0.2, 0) is 0 Å². The minimum atomic E-state index is 0.155. The second kappa shape index (κ2) is 5.78. The Morgan fingerprint density at radius 2 is 1.93 bits per heavy atom. The minimum Gasteiger partial charge on any atom is -0.395 e. The summed E-state index contributed by atoms with van der Waals surface area (Å²) >= 11 is 0. The molecule has 78 valence electrons. The zero-order chi connectivity index (χ0) is 10.4. The Morgan fingerprint density at radius 3 is 2.43 bits per heavy atom. The third-order valence-electron chi connectivity index (χ3n) is 2.59. The monoisotopic (exact) mass is 193 g/mol. The Balaban J connectivity index is 2.67. The molecular formula is C12H19NO. The second-order valence-corrected chi connectivity index (χ2v) is 3.55. The lowest BCUT2D eigenvalue weighted by atomic mass is 9.94. The molecule has 1 rings (SSSR count). The van der Waals surface area contributed by atoms with E-state index in [1.165, 1.54) is 5.56 Å². The summed E-state index contributed by atoms with van der Waals surface area (Å²) in [5, 5.41) is 12.5. The van der Waals surface area contributed by atoms with Crippen molar-refractivity contribution >= 4 is 0 Å². The fourth-order valence-electron chi connectivity index (χ4n) is 1.65. The summed E-state index contributed by atoms with van der Waals surface area (Å²) in [7, 11) is 0. The number of rotatable bonds is 5. The number of benzene rings is 1. The molecule has 1 aromatic rings. The van der Waals surface area contributed by atoms with E-state index in [1.807, 2.05) is 18.2 Å². The van der Waals surface area contributed by atoms with Gasteiger partial charge in [-0.15, -0.1) is 0 Å². The molecule has 2 heteroatoms. The molecule has 2 unspecified atom stereocenters. The standard InChI is InChI=1S/C12H19NO/c1-3-13-12(9-14)10(2)11-7-5-4-6-8-11/h4-8,10,12-14H,3,9H2,1-2H3. The summed E-state index contributed by atoms with van der Waals surface area (Å²) in [6.45, 7) is 5.27. The first-order valence-corrected chi connectivity index (χ1v) is 5.18. The van der Waals surface area contributed by atoms with Crippen LogP contribution >= 0.6 is 0 Å². The Bertz CT molecular complexity index is 248. The van der Waals surface area contributed by atoms with Crippen LogP contribution in [0.15, 0.2) is 30.3 Å². The summed E-state index contributed by atoms with van der Waals surface area (Å²) in [6, 6.07) is 10.4. The SMILES string of the molecule is CCNC(CO)C(C)c1ccccc1. The van der Waals surface area contributed by atoms with E-state index in [1.54, 1.807) is 0 Å². The van der Waals surface area contributed by atoms with Crippen LogP contribution in [-0.4, -0.2) is 24.3 Å². The number of nitrogens with one attached hydrogen (secondary N) is 1. The molecule has 0 saturated heterocycles. The van der Waals surface area contributed by atoms with Gasteiger partial charge in [-0.05, 0) is 18.0 Å². The third kappa shape index (κ3) is 2.82. The van der Waals surface area contributed by atoms with Crippen LogP contribution in [0.2, 0.25) is 0 Å². The first kappa shape index (κ1) is 11.2. The van der Waals surface area contributed by atoms with Gasteiger partial charge in [0.1, 0.15) is 0 Å². The highest BCUT2D eigenvalue weighted by Gasteiger charge is 2.16. The van der Waals surface area contributed by atoms with Gasteiger partial charge in [0.15, 0.2) is 0 Å². The fraction of sp³-hybridized carbons (Fsp3) is 0.500. The van der Waals surface area contributed by atoms with Crippen molar-refractivity contribution < 1.29 is 5.11 Å². The van der Waals surface area contributed by atoms with Crippen molar-refractivity contribution in [1.82, 2.24) is 5.32 Å². The molecule has 2 nitrogen and oxygen atoms in total. The number of likely N-dealkylation sites (N-methyl/N-ethyl adjacent to an activating group) is 1. The van der Waals surface area contributed by atoms with Crippen LogP contribution in [0.3, 0.4) is 0 Å². The highest BCUT2D eigenvalue weighted by atomic mass is 16.3. The summed E-state index contributed by atoms with van der Waals surface area (Å²) in [5.41, 5.74) is 1.27. The maximum absolute atomic E-state index is 9.23. The second-order valence-electron chi connectivity index (χ2n) is 3.55. The molecule has 0 saturated carbocycles. The molecule has 14 heavy (non-hydrogen) atoms. The molecule has 0 bridgehead atoms. The first-order valence-electron chi connectivity index (χ1n) is 5.18. The number of hydrogen-bond acceptors (Lipinski definition) is 2. The van der Waals surface area contributed by atoms with Gasteiger partial charge in [-0.2, -0.15) is 0 Å². The van der Waals surface area contributed by atoms with Gasteiger partial charge in [-0.3, -0.25) is 0 Å². The largest absolute Gasteiger partial charge is 0.395 e. The smallest absolute Gasteiger partial charge is 0.0590 e. The highest BCUT2D eigenvalue weighted by molar-refractivity contribution is 5.20. The van der Waals surface area contributed by atoms with Crippen molar-refractivity contribution in [2.24, 2.45) is 0 Å². The van der Waals surface area contributed by atoms with Crippen LogP contribution in [0.1, 0.15) is 25.3 Å². The van der Waals surface area contributed by atoms with Gasteiger partial charge in [0, 0.05) is 6.04 Å². The van der Waals surface area contributed by atoms with Crippen LogP contribution < -0.4 is 5.32 Å². The molecule has 0 aliphatic heterocycles. The molecule has 0 aromatic heterocycles. The van der Waals surface area contributed by atoms with E-state index in [0.717, 1.165) is 6.54 Å². The molecule has 0 fully saturated rings. The molecule has 0 aliphatic carbocycles. The van der Waals surface area contributed by atoms with Crippen molar-refractivity contribution in [3.05, 3.63) is 35.9 Å². The average molecular weight is 193 g/mol. The van der Waals surface area contributed by atoms with Crippen molar-refractivity contribution in [1.29, 1.82) is 0 Å². The Hall–Kier alpha value is -0.860. The van der Waals surface area contributed by atoms with Crippen LogP contribution in [0, 0.1) is 0 Å². The molecular weight excluding hydrogens is 174 g/mol. The van der Waals surface area contributed by atoms with Crippen LogP contribution in [0.5, 0.6) is 0 Å². The maximum atomic E-state index is 9.23. The van der Waals surface area contributed by atoms with E-state index in [2.05, 4.69) is 31.3 Å². The molecule has 0 spiro atoms. The van der Waals surface area contributed by atoms with Gasteiger partial charge in [0.2, 0.25) is 0 Å². The molecule has 0 amide bonds. The van der Waals surface area contributed by atoms with Gasteiger partial charge in [0.05, 0.1) is 6.61 Å². The summed E-state index contributed by atoms with van der Waals surface area (Å²) in [5.74, 6) is 0.348. The lowest BCUT2D eigenvalue weighted by Gasteiger charge is -2.23. The first-order chi connectivity index (χ1) is 6.79. The molecule has 2 atom stereocenters. The van der Waals surface area contributed by atoms with E-state index in [4.69, 9.17) is 0 Å². The molecule has 0 aliphatic rings. The summed E-state index contributed by atoms with van der Waals surface area (Å²) in [4.78, 5) is 0. The Labute approximate surface area is 86.0 Å². The number of aliphatic hydroxyl groups excluding tert-OH is 1. The normalized spacial score (nSPS) is 15.1. The van der Waals surface area contributed by atoms with Gasteiger partial charge in [-0.25, -0.2) is 0 Å². The predicted octanol–water partition coefficient (Wildman–Crippen LogP) is 1.76. The van der Waals surface area contributed by atoms with E-state index in [0.29, 0.717) is 5.92 Å².